The summed E-state index contributed by atoms with van der Waals surface area (Å²) >= 11 is 0. The Kier molecular flexibility index (Phi) is 3.37. The number of nitrogens with zero attached hydrogens (tertiary/aromatic N) is 3. The summed E-state index contributed by atoms with van der Waals surface area (Å²) in [6.07, 6.45) is 5.14. The molecule has 1 atom stereocenters. The van der Waals surface area contributed by atoms with Gasteiger partial charge in [-0.3, -0.25) is 4.79 Å². The summed E-state index contributed by atoms with van der Waals surface area (Å²) in [5.74, 6) is -0.0979. The van der Waals surface area contributed by atoms with Crippen molar-refractivity contribution >= 4 is 17.3 Å². The number of fused-ring (bicyclic) bond motifs is 1. The Hall–Kier alpha value is -2.37. The van der Waals surface area contributed by atoms with Crippen LogP contribution in [0, 0.1) is 0 Å². The van der Waals surface area contributed by atoms with E-state index >= 15 is 0 Å². The highest BCUT2D eigenvalue weighted by atomic mass is 16.2. The average molecular weight is 271 g/mol. The van der Waals surface area contributed by atoms with Crippen LogP contribution in [0.4, 0.5) is 11.4 Å². The van der Waals surface area contributed by atoms with Crippen LogP contribution < -0.4 is 10.6 Å². The van der Waals surface area contributed by atoms with E-state index in [1.807, 2.05) is 18.2 Å². The number of aromatic nitrogens is 3. The van der Waals surface area contributed by atoms with E-state index in [4.69, 9.17) is 0 Å². The molecule has 1 aliphatic rings. The molecule has 2 aromatic rings. The average Bonchev–Trinajstić information content (AvgIpc) is 3.00. The Morgan fingerprint density at radius 1 is 1.50 bits per heavy atom. The monoisotopic (exact) mass is 271 g/mol. The molecule has 0 fully saturated rings. The molecular weight excluding hydrogens is 254 g/mol. The molecule has 6 nitrogen and oxygen atoms in total. The minimum atomic E-state index is -0.383. The van der Waals surface area contributed by atoms with Crippen LogP contribution in [0.1, 0.15) is 24.9 Å². The topological polar surface area (TPSA) is 71.8 Å². The van der Waals surface area contributed by atoms with Crippen LogP contribution in [0.15, 0.2) is 30.9 Å². The van der Waals surface area contributed by atoms with Crippen LogP contribution in [0.2, 0.25) is 0 Å². The zero-order valence-electron chi connectivity index (χ0n) is 11.3. The minimum absolute atomic E-state index is 0.0979. The molecule has 1 amide bonds. The Bertz CT molecular complexity index is 608. The van der Waals surface area contributed by atoms with Gasteiger partial charge in [0.2, 0.25) is 5.91 Å². The largest absolute Gasteiger partial charge is 0.385 e. The van der Waals surface area contributed by atoms with Gasteiger partial charge in [0.25, 0.3) is 0 Å². The number of benzene rings is 1. The highest BCUT2D eigenvalue weighted by Gasteiger charge is 2.16. The lowest BCUT2D eigenvalue weighted by molar-refractivity contribution is -0.119. The van der Waals surface area contributed by atoms with Gasteiger partial charge in [-0.05, 0) is 43.5 Å². The van der Waals surface area contributed by atoms with E-state index in [9.17, 15) is 4.79 Å². The summed E-state index contributed by atoms with van der Waals surface area (Å²) in [5, 5.41) is 10.3. The first kappa shape index (κ1) is 12.7. The number of carbonyl (C=O) groups excluding carboxylic acids is 1. The van der Waals surface area contributed by atoms with Crippen molar-refractivity contribution in [3.05, 3.63) is 36.4 Å². The smallest absolute Gasteiger partial charge is 0.249 e. The summed E-state index contributed by atoms with van der Waals surface area (Å²) < 4.78 is 1.54. The summed E-state index contributed by atoms with van der Waals surface area (Å²) in [6, 6.07) is 5.59. The maximum Gasteiger partial charge on any atom is 0.249 e. The zero-order valence-corrected chi connectivity index (χ0v) is 11.3. The van der Waals surface area contributed by atoms with Gasteiger partial charge in [0.1, 0.15) is 18.7 Å². The molecule has 0 bridgehead atoms. The van der Waals surface area contributed by atoms with E-state index in [-0.39, 0.29) is 11.9 Å². The van der Waals surface area contributed by atoms with Gasteiger partial charge < -0.3 is 10.6 Å². The van der Waals surface area contributed by atoms with Crippen LogP contribution in [0.5, 0.6) is 0 Å². The van der Waals surface area contributed by atoms with E-state index in [1.165, 1.54) is 22.3 Å². The normalized spacial score (nSPS) is 15.1. The lowest BCUT2D eigenvalue weighted by Gasteiger charge is -2.19. The molecular formula is C14H17N5O. The Labute approximate surface area is 117 Å². The van der Waals surface area contributed by atoms with Gasteiger partial charge in [-0.15, -0.1) is 0 Å². The summed E-state index contributed by atoms with van der Waals surface area (Å²) in [5.41, 5.74) is 3.24. The second-order valence-corrected chi connectivity index (χ2v) is 4.94. The maximum absolute atomic E-state index is 12.2. The third-order valence-electron chi connectivity index (χ3n) is 3.52. The number of hydrogen-bond acceptors (Lipinski definition) is 4. The fraction of sp³-hybridized carbons (Fsp3) is 0.357. The number of carbonyl (C=O) groups is 1. The minimum Gasteiger partial charge on any atom is -0.385 e. The van der Waals surface area contributed by atoms with Crippen molar-refractivity contribution in [2.24, 2.45) is 0 Å². The van der Waals surface area contributed by atoms with Crippen LogP contribution in [-0.2, 0) is 11.2 Å². The molecule has 0 spiro atoms. The molecule has 1 aromatic heterocycles. The second-order valence-electron chi connectivity index (χ2n) is 4.94. The van der Waals surface area contributed by atoms with E-state index < -0.39 is 0 Å². The Morgan fingerprint density at radius 3 is 3.20 bits per heavy atom. The van der Waals surface area contributed by atoms with E-state index in [2.05, 4.69) is 20.7 Å². The molecule has 6 heteroatoms. The first-order valence-electron chi connectivity index (χ1n) is 6.76. The highest BCUT2D eigenvalue weighted by molar-refractivity contribution is 5.93. The molecule has 1 aromatic carbocycles. The van der Waals surface area contributed by atoms with Gasteiger partial charge in [0, 0.05) is 17.9 Å². The first-order valence-corrected chi connectivity index (χ1v) is 6.76. The maximum atomic E-state index is 12.2. The quantitative estimate of drug-likeness (QED) is 0.893. The summed E-state index contributed by atoms with van der Waals surface area (Å²) in [7, 11) is 0. The molecule has 0 radical (unpaired) electrons. The SMILES string of the molecule is CC(C(=O)Nc1ccc2c(c1)CCCN2)n1cncn1. The Morgan fingerprint density at radius 2 is 2.40 bits per heavy atom. The molecule has 3 rings (SSSR count). The number of hydrogen-bond donors (Lipinski definition) is 2. The lowest BCUT2D eigenvalue weighted by Crippen LogP contribution is -2.24. The molecule has 2 N–H and O–H groups in total. The van der Waals surface area contributed by atoms with Crippen molar-refractivity contribution in [3.63, 3.8) is 0 Å². The second kappa shape index (κ2) is 5.32. The predicted octanol–water partition coefficient (Wildman–Crippen LogP) is 1.84. The number of rotatable bonds is 3. The van der Waals surface area contributed by atoms with Crippen molar-refractivity contribution in [2.45, 2.75) is 25.8 Å². The van der Waals surface area contributed by atoms with Crippen LogP contribution in [0.3, 0.4) is 0 Å². The van der Waals surface area contributed by atoms with Crippen LogP contribution in [0.25, 0.3) is 0 Å². The van der Waals surface area contributed by atoms with Crippen LogP contribution >= 0.6 is 0 Å². The summed E-state index contributed by atoms with van der Waals surface area (Å²) in [4.78, 5) is 16.0. The van der Waals surface area contributed by atoms with Gasteiger partial charge in [0.15, 0.2) is 0 Å². The van der Waals surface area contributed by atoms with Crippen molar-refractivity contribution in [3.8, 4) is 0 Å². The first-order chi connectivity index (χ1) is 9.74. The Balaban J connectivity index is 1.73. The van der Waals surface area contributed by atoms with Gasteiger partial charge in [-0.1, -0.05) is 0 Å². The third kappa shape index (κ3) is 2.49. The predicted molar refractivity (Wildman–Crippen MR) is 76.6 cm³/mol. The molecule has 1 unspecified atom stereocenters. The van der Waals surface area contributed by atoms with Crippen molar-refractivity contribution in [2.75, 3.05) is 17.2 Å². The van der Waals surface area contributed by atoms with E-state index in [0.717, 1.165) is 25.1 Å². The van der Waals surface area contributed by atoms with Gasteiger partial charge in [0.05, 0.1) is 0 Å². The number of aryl methyl sites for hydroxylation is 1. The van der Waals surface area contributed by atoms with Crippen molar-refractivity contribution in [1.82, 2.24) is 14.8 Å². The molecule has 1 aliphatic heterocycles. The zero-order chi connectivity index (χ0) is 13.9. The number of anilines is 2. The molecule has 20 heavy (non-hydrogen) atoms. The molecule has 2 heterocycles. The molecule has 0 saturated carbocycles. The fourth-order valence-electron chi connectivity index (χ4n) is 2.34. The van der Waals surface area contributed by atoms with Gasteiger partial charge in [-0.2, -0.15) is 5.10 Å². The van der Waals surface area contributed by atoms with Crippen molar-refractivity contribution in [1.29, 1.82) is 0 Å². The third-order valence-corrected chi connectivity index (χ3v) is 3.52. The standard InChI is InChI=1S/C14H17N5O/c1-10(19-9-15-8-17-19)14(20)18-12-4-5-13-11(7-12)3-2-6-16-13/h4-5,7-10,16H,2-3,6H2,1H3,(H,18,20). The van der Waals surface area contributed by atoms with Crippen LogP contribution in [-0.4, -0.2) is 27.2 Å². The molecule has 0 saturated heterocycles. The van der Waals surface area contributed by atoms with E-state index in [1.54, 1.807) is 13.3 Å². The highest BCUT2D eigenvalue weighted by Crippen LogP contribution is 2.25. The number of nitrogens with one attached hydrogen (secondary N) is 2. The fourth-order valence-corrected chi connectivity index (χ4v) is 2.34. The molecule has 104 valence electrons. The van der Waals surface area contributed by atoms with Crippen molar-refractivity contribution < 1.29 is 4.79 Å². The lowest BCUT2D eigenvalue weighted by atomic mass is 10.0. The van der Waals surface area contributed by atoms with Gasteiger partial charge >= 0.3 is 0 Å². The van der Waals surface area contributed by atoms with E-state index in [0.29, 0.717) is 0 Å². The van der Waals surface area contributed by atoms with Gasteiger partial charge in [-0.25, -0.2) is 9.67 Å². The molecule has 0 aliphatic carbocycles. The summed E-state index contributed by atoms with van der Waals surface area (Å²) in [6.45, 7) is 2.81. The number of amides is 1.